The standard InChI is InChI=1S/C31H36N2O4/c1-3-23(2)32-31(35)27(20-24-10-6-4-7-11-24)33(22-26-12-8-5-9-13-26)30(34)17-15-25-14-16-28-29(21-25)37-19-18-36-28/h4-14,16,21,23,27H,3,15,17-20,22H2,1-2H3,(H,32,35)/t23-,27-/m0/s1. The van der Waals surface area contributed by atoms with Gasteiger partial charge in [0.25, 0.3) is 0 Å². The number of rotatable bonds is 11. The Kier molecular flexibility index (Phi) is 9.19. The number of carbonyl (C=O) groups excluding carboxylic acids is 2. The van der Waals surface area contributed by atoms with Crippen molar-refractivity contribution in [1.82, 2.24) is 10.2 Å². The Balaban J connectivity index is 1.58. The molecule has 3 aromatic rings. The molecule has 6 heteroatoms. The fraction of sp³-hybridized carbons (Fsp3) is 0.355. The van der Waals surface area contributed by atoms with Crippen LogP contribution in [0.3, 0.4) is 0 Å². The molecular weight excluding hydrogens is 464 g/mol. The molecule has 0 saturated carbocycles. The average Bonchev–Trinajstić information content (AvgIpc) is 2.94. The molecule has 37 heavy (non-hydrogen) atoms. The summed E-state index contributed by atoms with van der Waals surface area (Å²) in [6, 6.07) is 25.0. The summed E-state index contributed by atoms with van der Waals surface area (Å²) in [5, 5.41) is 3.12. The third kappa shape index (κ3) is 7.35. The zero-order chi connectivity index (χ0) is 26.0. The van der Waals surface area contributed by atoms with Gasteiger partial charge in [-0.25, -0.2) is 0 Å². The SMILES string of the molecule is CC[C@H](C)NC(=O)[C@H](Cc1ccccc1)N(Cc1ccccc1)C(=O)CCc1ccc2c(c1)OCCO2. The van der Waals surface area contributed by atoms with E-state index in [0.717, 1.165) is 28.9 Å². The maximum atomic E-state index is 13.8. The predicted octanol–water partition coefficient (Wildman–Crippen LogP) is 4.95. The second kappa shape index (κ2) is 12.9. The highest BCUT2D eigenvalue weighted by molar-refractivity contribution is 5.88. The fourth-order valence-electron chi connectivity index (χ4n) is 4.41. The van der Waals surface area contributed by atoms with Crippen molar-refractivity contribution in [2.24, 2.45) is 0 Å². The van der Waals surface area contributed by atoms with Crippen molar-refractivity contribution < 1.29 is 19.1 Å². The van der Waals surface area contributed by atoms with Crippen LogP contribution < -0.4 is 14.8 Å². The van der Waals surface area contributed by atoms with Crippen LogP contribution >= 0.6 is 0 Å². The van der Waals surface area contributed by atoms with Gasteiger partial charge in [-0.05, 0) is 48.6 Å². The first-order chi connectivity index (χ1) is 18.0. The van der Waals surface area contributed by atoms with Crippen LogP contribution in [-0.2, 0) is 29.0 Å². The van der Waals surface area contributed by atoms with Gasteiger partial charge in [0, 0.05) is 25.4 Å². The molecule has 0 radical (unpaired) electrons. The van der Waals surface area contributed by atoms with Crippen molar-refractivity contribution in [2.75, 3.05) is 13.2 Å². The summed E-state index contributed by atoms with van der Waals surface area (Å²) in [7, 11) is 0. The smallest absolute Gasteiger partial charge is 0.243 e. The van der Waals surface area contributed by atoms with Gasteiger partial charge in [0.1, 0.15) is 19.3 Å². The Bertz CT molecular complexity index is 1170. The minimum Gasteiger partial charge on any atom is -0.486 e. The summed E-state index contributed by atoms with van der Waals surface area (Å²) in [4.78, 5) is 29.1. The van der Waals surface area contributed by atoms with Crippen LogP contribution in [0.15, 0.2) is 78.9 Å². The largest absolute Gasteiger partial charge is 0.486 e. The molecule has 4 rings (SSSR count). The van der Waals surface area contributed by atoms with Crippen molar-refractivity contribution in [1.29, 1.82) is 0 Å². The second-order valence-corrected chi connectivity index (χ2v) is 9.51. The molecule has 0 saturated heterocycles. The van der Waals surface area contributed by atoms with Gasteiger partial charge in [-0.2, -0.15) is 0 Å². The van der Waals surface area contributed by atoms with Crippen LogP contribution in [0.25, 0.3) is 0 Å². The Morgan fingerprint density at radius 3 is 2.19 bits per heavy atom. The van der Waals surface area contributed by atoms with E-state index in [9.17, 15) is 9.59 Å². The van der Waals surface area contributed by atoms with E-state index in [1.807, 2.05) is 92.7 Å². The number of fused-ring (bicyclic) bond motifs is 1. The lowest BCUT2D eigenvalue weighted by Gasteiger charge is -2.32. The van der Waals surface area contributed by atoms with Crippen LogP contribution in [0.2, 0.25) is 0 Å². The number of aryl methyl sites for hydroxylation is 1. The molecule has 0 aromatic heterocycles. The number of ether oxygens (including phenoxy) is 2. The Hall–Kier alpha value is -3.80. The highest BCUT2D eigenvalue weighted by atomic mass is 16.6. The monoisotopic (exact) mass is 500 g/mol. The van der Waals surface area contributed by atoms with Crippen LogP contribution in [-0.4, -0.2) is 42.0 Å². The quantitative estimate of drug-likeness (QED) is 0.405. The van der Waals surface area contributed by atoms with Crippen molar-refractivity contribution in [3.8, 4) is 11.5 Å². The summed E-state index contributed by atoms with van der Waals surface area (Å²) < 4.78 is 11.3. The number of nitrogens with one attached hydrogen (secondary N) is 1. The number of carbonyl (C=O) groups is 2. The molecule has 6 nitrogen and oxygen atoms in total. The number of amides is 2. The van der Waals surface area contributed by atoms with Crippen LogP contribution in [0, 0.1) is 0 Å². The van der Waals surface area contributed by atoms with Crippen LogP contribution in [0.4, 0.5) is 0 Å². The van der Waals surface area contributed by atoms with E-state index in [-0.39, 0.29) is 24.3 Å². The third-order valence-corrected chi connectivity index (χ3v) is 6.70. The minimum atomic E-state index is -0.621. The first-order valence-electron chi connectivity index (χ1n) is 13.1. The van der Waals surface area contributed by atoms with Gasteiger partial charge < -0.3 is 19.7 Å². The topological polar surface area (TPSA) is 67.9 Å². The number of hydrogen-bond donors (Lipinski definition) is 1. The minimum absolute atomic E-state index is 0.0252. The molecule has 0 spiro atoms. The highest BCUT2D eigenvalue weighted by Gasteiger charge is 2.30. The maximum Gasteiger partial charge on any atom is 0.243 e. The molecule has 3 aromatic carbocycles. The van der Waals surface area contributed by atoms with Gasteiger partial charge in [0.05, 0.1) is 0 Å². The fourth-order valence-corrected chi connectivity index (χ4v) is 4.41. The van der Waals surface area contributed by atoms with Gasteiger partial charge >= 0.3 is 0 Å². The number of nitrogens with zero attached hydrogens (tertiary/aromatic N) is 1. The van der Waals surface area contributed by atoms with Crippen LogP contribution in [0.1, 0.15) is 43.4 Å². The van der Waals surface area contributed by atoms with Crippen LogP contribution in [0.5, 0.6) is 11.5 Å². The molecule has 1 N–H and O–H groups in total. The van der Waals surface area contributed by atoms with Gasteiger partial charge in [0.2, 0.25) is 11.8 Å². The van der Waals surface area contributed by atoms with Gasteiger partial charge in [-0.3, -0.25) is 9.59 Å². The Morgan fingerprint density at radius 1 is 0.865 bits per heavy atom. The molecule has 2 amide bonds. The molecule has 0 aliphatic carbocycles. The zero-order valence-electron chi connectivity index (χ0n) is 21.7. The van der Waals surface area contributed by atoms with Gasteiger partial charge in [0.15, 0.2) is 11.5 Å². The molecule has 1 heterocycles. The van der Waals surface area contributed by atoms with Crippen molar-refractivity contribution in [3.05, 3.63) is 95.6 Å². The Labute approximate surface area is 219 Å². The number of benzene rings is 3. The summed E-state index contributed by atoms with van der Waals surface area (Å²) >= 11 is 0. The second-order valence-electron chi connectivity index (χ2n) is 9.51. The van der Waals surface area contributed by atoms with Gasteiger partial charge in [-0.1, -0.05) is 73.7 Å². The zero-order valence-corrected chi connectivity index (χ0v) is 21.7. The summed E-state index contributed by atoms with van der Waals surface area (Å²) in [5.74, 6) is 1.27. The first-order valence-corrected chi connectivity index (χ1v) is 13.1. The molecule has 0 unspecified atom stereocenters. The summed E-state index contributed by atoms with van der Waals surface area (Å²) in [6.45, 7) is 5.46. The van der Waals surface area contributed by atoms with Crippen molar-refractivity contribution in [2.45, 2.75) is 58.2 Å². The van der Waals surface area contributed by atoms with Crippen molar-refractivity contribution in [3.63, 3.8) is 0 Å². The maximum absolute atomic E-state index is 13.8. The molecule has 194 valence electrons. The lowest BCUT2D eigenvalue weighted by atomic mass is 10.0. The summed E-state index contributed by atoms with van der Waals surface area (Å²) in [5.41, 5.74) is 3.01. The van der Waals surface area contributed by atoms with Crippen molar-refractivity contribution >= 4 is 11.8 Å². The normalized spacial score (nSPS) is 13.9. The third-order valence-electron chi connectivity index (χ3n) is 6.70. The molecule has 0 fully saturated rings. The van der Waals surface area contributed by atoms with E-state index in [1.165, 1.54) is 0 Å². The molecule has 1 aliphatic heterocycles. The highest BCUT2D eigenvalue weighted by Crippen LogP contribution is 2.31. The lowest BCUT2D eigenvalue weighted by molar-refractivity contribution is -0.141. The van der Waals surface area contributed by atoms with Gasteiger partial charge in [-0.15, -0.1) is 0 Å². The van der Waals surface area contributed by atoms with E-state index in [1.54, 1.807) is 4.90 Å². The molecular formula is C31H36N2O4. The average molecular weight is 501 g/mol. The first kappa shape index (κ1) is 26.3. The molecule has 0 bridgehead atoms. The van der Waals surface area contributed by atoms with E-state index in [2.05, 4.69) is 5.32 Å². The molecule has 1 aliphatic rings. The van der Waals surface area contributed by atoms with E-state index >= 15 is 0 Å². The van der Waals surface area contributed by atoms with E-state index in [4.69, 9.17) is 9.47 Å². The summed E-state index contributed by atoms with van der Waals surface area (Å²) in [6.07, 6.45) is 2.10. The predicted molar refractivity (Wildman–Crippen MR) is 145 cm³/mol. The molecule has 2 atom stereocenters. The lowest BCUT2D eigenvalue weighted by Crippen LogP contribution is -2.52. The van der Waals surface area contributed by atoms with E-state index < -0.39 is 6.04 Å². The van der Waals surface area contributed by atoms with E-state index in [0.29, 0.717) is 38.3 Å². The Morgan fingerprint density at radius 2 is 1.51 bits per heavy atom. The number of hydrogen-bond acceptors (Lipinski definition) is 4.